The Morgan fingerprint density at radius 2 is 2.04 bits per heavy atom. The van der Waals surface area contributed by atoms with Crippen LogP contribution in [0.5, 0.6) is 0 Å². The van der Waals surface area contributed by atoms with Crippen LogP contribution in [0.1, 0.15) is 30.3 Å². The van der Waals surface area contributed by atoms with E-state index < -0.39 is 11.9 Å². The number of aromatic nitrogens is 4. The van der Waals surface area contributed by atoms with E-state index in [1.807, 2.05) is 0 Å². The molecule has 3 rings (SSSR count). The smallest absolute Gasteiger partial charge is 0.342 e. The van der Waals surface area contributed by atoms with Crippen LogP contribution in [-0.2, 0) is 17.4 Å². The van der Waals surface area contributed by atoms with Crippen molar-refractivity contribution in [3.05, 3.63) is 35.9 Å². The van der Waals surface area contributed by atoms with Crippen molar-refractivity contribution in [1.82, 2.24) is 24.9 Å². The highest BCUT2D eigenvalue weighted by molar-refractivity contribution is 5.78. The number of likely N-dealkylation sites (tertiary alicyclic amines) is 1. The summed E-state index contributed by atoms with van der Waals surface area (Å²) in [5.74, 6) is -0.0101. The number of rotatable bonds is 3. The predicted octanol–water partition coefficient (Wildman–Crippen LogP) is 2.03. The number of halogens is 3. The van der Waals surface area contributed by atoms with Crippen molar-refractivity contribution in [2.75, 3.05) is 13.1 Å². The van der Waals surface area contributed by atoms with Gasteiger partial charge in [0.05, 0.1) is 12.5 Å². The van der Waals surface area contributed by atoms with Gasteiger partial charge in [0.15, 0.2) is 5.69 Å². The second kappa shape index (κ2) is 6.05. The van der Waals surface area contributed by atoms with E-state index in [1.165, 1.54) is 10.9 Å². The highest BCUT2D eigenvalue weighted by atomic mass is 19.4. The molecule has 0 radical (unpaired) electrons. The predicted molar refractivity (Wildman–Crippen MR) is 74.4 cm³/mol. The molecule has 0 aromatic carbocycles. The van der Waals surface area contributed by atoms with E-state index in [2.05, 4.69) is 15.3 Å². The second-order valence-corrected chi connectivity index (χ2v) is 5.55. The Morgan fingerprint density at radius 3 is 2.61 bits per heavy atom. The van der Waals surface area contributed by atoms with Gasteiger partial charge in [-0.1, -0.05) is 0 Å². The lowest BCUT2D eigenvalue weighted by Gasteiger charge is -2.32. The minimum absolute atomic E-state index is 0.0101. The minimum Gasteiger partial charge on any atom is -0.342 e. The summed E-state index contributed by atoms with van der Waals surface area (Å²) in [6.07, 6.45) is -0.0432. The topological polar surface area (TPSA) is 66.8 Å². The van der Waals surface area contributed by atoms with Crippen LogP contribution < -0.4 is 0 Å². The monoisotopic (exact) mass is 327 g/mol. The zero-order valence-corrected chi connectivity index (χ0v) is 12.3. The van der Waals surface area contributed by atoms with Crippen LogP contribution in [0.2, 0.25) is 0 Å². The second-order valence-electron chi connectivity index (χ2n) is 5.55. The summed E-state index contributed by atoms with van der Waals surface area (Å²) >= 11 is 0. The lowest BCUT2D eigenvalue weighted by Crippen LogP contribution is -2.40. The summed E-state index contributed by atoms with van der Waals surface area (Å²) in [5.41, 5.74) is -0.130. The first-order chi connectivity index (χ1) is 10.9. The molecule has 1 amide bonds. The number of H-pyrrole nitrogens is 1. The highest BCUT2D eigenvalue weighted by Crippen LogP contribution is 2.29. The first-order valence-electron chi connectivity index (χ1n) is 7.32. The van der Waals surface area contributed by atoms with Gasteiger partial charge >= 0.3 is 6.18 Å². The molecule has 0 aliphatic carbocycles. The van der Waals surface area contributed by atoms with Crippen LogP contribution in [-0.4, -0.2) is 43.9 Å². The molecule has 0 atom stereocenters. The van der Waals surface area contributed by atoms with Gasteiger partial charge in [-0.3, -0.25) is 14.6 Å². The van der Waals surface area contributed by atoms with Crippen LogP contribution in [0, 0.1) is 0 Å². The number of amides is 1. The van der Waals surface area contributed by atoms with Crippen LogP contribution in [0.25, 0.3) is 0 Å². The van der Waals surface area contributed by atoms with E-state index >= 15 is 0 Å². The molecule has 3 heterocycles. The standard InChI is InChI=1S/C14H16F3N5O/c15-14(16,17)12-4-8-22(20-12)11-2-6-21(7-3-11)13(23)9-10-1-5-18-19-10/h1,4-5,8,11H,2-3,6-7,9H2,(H,18,19). The molecule has 124 valence electrons. The van der Waals surface area contributed by atoms with Crippen LogP contribution >= 0.6 is 0 Å². The fourth-order valence-corrected chi connectivity index (χ4v) is 2.73. The van der Waals surface area contributed by atoms with Crippen molar-refractivity contribution >= 4 is 5.91 Å². The van der Waals surface area contributed by atoms with Crippen LogP contribution in [0.3, 0.4) is 0 Å². The number of hydrogen-bond donors (Lipinski definition) is 1. The van der Waals surface area contributed by atoms with Crippen molar-refractivity contribution in [2.45, 2.75) is 31.5 Å². The summed E-state index contributed by atoms with van der Waals surface area (Å²) in [4.78, 5) is 13.9. The molecule has 1 aliphatic heterocycles. The zero-order valence-electron chi connectivity index (χ0n) is 12.3. The molecular weight excluding hydrogens is 311 g/mol. The molecule has 9 heteroatoms. The van der Waals surface area contributed by atoms with E-state index in [-0.39, 0.29) is 18.4 Å². The first kappa shape index (κ1) is 15.6. The molecule has 0 saturated carbocycles. The summed E-state index contributed by atoms with van der Waals surface area (Å²) in [7, 11) is 0. The van der Waals surface area contributed by atoms with Crippen molar-refractivity contribution in [2.24, 2.45) is 0 Å². The number of alkyl halides is 3. The molecule has 1 fully saturated rings. The van der Waals surface area contributed by atoms with Gasteiger partial charge in [0, 0.05) is 31.2 Å². The Balaban J connectivity index is 1.56. The molecule has 6 nitrogen and oxygen atoms in total. The van der Waals surface area contributed by atoms with E-state index in [1.54, 1.807) is 17.2 Å². The maximum Gasteiger partial charge on any atom is 0.435 e. The maximum atomic E-state index is 12.6. The third-order valence-corrected chi connectivity index (χ3v) is 3.99. The Kier molecular flexibility index (Phi) is 4.10. The Morgan fingerprint density at radius 1 is 1.30 bits per heavy atom. The normalized spacial score (nSPS) is 16.7. The van der Waals surface area contributed by atoms with Gasteiger partial charge in [0.2, 0.25) is 5.91 Å². The lowest BCUT2D eigenvalue weighted by atomic mass is 10.0. The van der Waals surface area contributed by atoms with E-state index in [9.17, 15) is 18.0 Å². The van der Waals surface area contributed by atoms with Gasteiger partial charge in [-0.15, -0.1) is 0 Å². The molecule has 23 heavy (non-hydrogen) atoms. The van der Waals surface area contributed by atoms with E-state index in [0.29, 0.717) is 25.9 Å². The number of nitrogens with one attached hydrogen (secondary N) is 1. The summed E-state index contributed by atoms with van der Waals surface area (Å²) in [6.45, 7) is 1.03. The summed E-state index contributed by atoms with van der Waals surface area (Å²) in [6, 6.07) is 2.62. The van der Waals surface area contributed by atoms with Crippen molar-refractivity contribution < 1.29 is 18.0 Å². The molecule has 0 unspecified atom stereocenters. The summed E-state index contributed by atoms with van der Waals surface area (Å²) < 4.78 is 39.1. The van der Waals surface area contributed by atoms with Crippen molar-refractivity contribution in [3.63, 3.8) is 0 Å². The molecule has 1 aliphatic rings. The number of piperidine rings is 1. The third-order valence-electron chi connectivity index (χ3n) is 3.99. The fourth-order valence-electron chi connectivity index (χ4n) is 2.73. The highest BCUT2D eigenvalue weighted by Gasteiger charge is 2.34. The average Bonchev–Trinajstić information content (AvgIpc) is 3.18. The van der Waals surface area contributed by atoms with Gasteiger partial charge in [-0.2, -0.15) is 23.4 Å². The quantitative estimate of drug-likeness (QED) is 0.938. The summed E-state index contributed by atoms with van der Waals surface area (Å²) in [5, 5.41) is 10.1. The zero-order chi connectivity index (χ0) is 16.4. The molecule has 0 bridgehead atoms. The average molecular weight is 327 g/mol. The molecular formula is C14H16F3N5O. The molecule has 2 aromatic heterocycles. The number of carbonyl (C=O) groups is 1. The largest absolute Gasteiger partial charge is 0.435 e. The van der Waals surface area contributed by atoms with E-state index in [4.69, 9.17) is 0 Å². The number of aromatic amines is 1. The van der Waals surface area contributed by atoms with Gasteiger partial charge in [-0.05, 0) is 25.0 Å². The molecule has 2 aromatic rings. The third kappa shape index (κ3) is 3.54. The number of nitrogens with zero attached hydrogens (tertiary/aromatic N) is 4. The SMILES string of the molecule is O=C(Cc1ccn[nH]1)N1CCC(n2ccc(C(F)(F)F)n2)CC1. The Hall–Kier alpha value is -2.32. The van der Waals surface area contributed by atoms with Gasteiger partial charge in [0.25, 0.3) is 0 Å². The number of hydrogen-bond acceptors (Lipinski definition) is 3. The van der Waals surface area contributed by atoms with E-state index in [0.717, 1.165) is 11.8 Å². The van der Waals surface area contributed by atoms with Crippen molar-refractivity contribution in [1.29, 1.82) is 0 Å². The lowest BCUT2D eigenvalue weighted by molar-refractivity contribution is -0.141. The van der Waals surface area contributed by atoms with Gasteiger partial charge in [-0.25, -0.2) is 0 Å². The Labute approximate surface area is 130 Å². The minimum atomic E-state index is -4.42. The van der Waals surface area contributed by atoms with Crippen molar-refractivity contribution in [3.8, 4) is 0 Å². The molecule has 1 saturated heterocycles. The molecule has 1 N–H and O–H groups in total. The van der Waals surface area contributed by atoms with Crippen LogP contribution in [0.4, 0.5) is 13.2 Å². The number of carbonyl (C=O) groups excluding carboxylic acids is 1. The molecule has 0 spiro atoms. The first-order valence-corrected chi connectivity index (χ1v) is 7.32. The van der Waals surface area contributed by atoms with Gasteiger partial charge < -0.3 is 4.90 Å². The maximum absolute atomic E-state index is 12.6. The van der Waals surface area contributed by atoms with Gasteiger partial charge in [0.1, 0.15) is 0 Å². The fraction of sp³-hybridized carbons (Fsp3) is 0.500. The van der Waals surface area contributed by atoms with Crippen LogP contribution in [0.15, 0.2) is 24.5 Å². The Bertz CT molecular complexity index is 656.